The molecule has 0 radical (unpaired) electrons. The summed E-state index contributed by atoms with van der Waals surface area (Å²) < 4.78 is 17.8. The van der Waals surface area contributed by atoms with E-state index < -0.39 is 40.9 Å². The zero-order chi connectivity index (χ0) is 15.5. The van der Waals surface area contributed by atoms with Gasteiger partial charge in [-0.2, -0.15) is 0 Å². The van der Waals surface area contributed by atoms with Crippen LogP contribution in [-0.4, -0.2) is 52.6 Å². The lowest BCUT2D eigenvalue weighted by Gasteiger charge is -2.42. The van der Waals surface area contributed by atoms with E-state index in [4.69, 9.17) is 18.9 Å². The van der Waals surface area contributed by atoms with Crippen LogP contribution < -0.4 is 0 Å². The maximum atomic E-state index is 11.1. The number of hydrogen-bond acceptors (Lipinski definition) is 8. The summed E-state index contributed by atoms with van der Waals surface area (Å²) in [6.07, 6.45) is -3.58. The number of carbonyl (C=O) groups is 3. The molecule has 1 aliphatic heterocycles. The molecule has 1 aliphatic rings. The van der Waals surface area contributed by atoms with Crippen molar-refractivity contribution >= 4 is 33.8 Å². The van der Waals surface area contributed by atoms with Crippen LogP contribution >= 0.6 is 15.9 Å². The minimum atomic E-state index is -2.05. The number of ether oxygens (including phenoxy) is 4. The quantitative estimate of drug-likeness (QED) is 0.423. The fourth-order valence-electron chi connectivity index (χ4n) is 1.74. The molecule has 1 saturated heterocycles. The van der Waals surface area contributed by atoms with Crippen LogP contribution in [0.3, 0.4) is 0 Å². The minimum absolute atomic E-state index is 0.239. The van der Waals surface area contributed by atoms with Gasteiger partial charge in [0.05, 0.1) is 6.61 Å². The van der Waals surface area contributed by atoms with Gasteiger partial charge in [0, 0.05) is 20.8 Å². The summed E-state index contributed by atoms with van der Waals surface area (Å²) in [6.45, 7) is 3.18. The van der Waals surface area contributed by atoms with Gasteiger partial charge in [0.2, 0.25) is 6.10 Å². The predicted octanol–water partition coefficient (Wildman–Crippen LogP) is -0.147. The highest BCUT2D eigenvalue weighted by Crippen LogP contribution is 2.34. The molecule has 0 amide bonds. The van der Waals surface area contributed by atoms with E-state index in [1.54, 1.807) is 0 Å². The van der Waals surface area contributed by atoms with Gasteiger partial charge < -0.3 is 24.1 Å². The van der Waals surface area contributed by atoms with Gasteiger partial charge in [-0.05, 0) is 15.9 Å². The number of esters is 3. The van der Waals surface area contributed by atoms with Crippen LogP contribution in [0.1, 0.15) is 20.8 Å². The van der Waals surface area contributed by atoms with E-state index in [-0.39, 0.29) is 6.61 Å². The maximum absolute atomic E-state index is 11.1. The Morgan fingerprint density at radius 2 is 1.60 bits per heavy atom. The van der Waals surface area contributed by atoms with Gasteiger partial charge in [0.15, 0.2) is 12.2 Å². The lowest BCUT2D eigenvalue weighted by molar-refractivity contribution is -0.280. The molecule has 0 aliphatic carbocycles. The molecule has 0 unspecified atom stereocenters. The molecule has 114 valence electrons. The van der Waals surface area contributed by atoms with Crippen LogP contribution in [0.2, 0.25) is 0 Å². The van der Waals surface area contributed by atoms with Gasteiger partial charge in [-0.1, -0.05) is 0 Å². The van der Waals surface area contributed by atoms with Crippen molar-refractivity contribution in [1.29, 1.82) is 0 Å². The average Bonchev–Trinajstić information content (AvgIpc) is 2.26. The van der Waals surface area contributed by atoms with Crippen LogP contribution in [0.4, 0.5) is 0 Å². The first-order valence-electron chi connectivity index (χ1n) is 5.70. The number of halogens is 1. The van der Waals surface area contributed by atoms with Crippen LogP contribution in [0.15, 0.2) is 0 Å². The summed E-state index contributed by atoms with van der Waals surface area (Å²) in [6, 6.07) is 0. The van der Waals surface area contributed by atoms with E-state index in [0.717, 1.165) is 13.8 Å². The minimum Gasteiger partial charge on any atom is -0.456 e. The van der Waals surface area contributed by atoms with Crippen LogP contribution in [0.5, 0.6) is 0 Å². The van der Waals surface area contributed by atoms with Crippen molar-refractivity contribution in [3.63, 3.8) is 0 Å². The molecule has 1 heterocycles. The van der Waals surface area contributed by atoms with Gasteiger partial charge in [-0.15, -0.1) is 0 Å². The third-order valence-corrected chi connectivity index (χ3v) is 3.06. The van der Waals surface area contributed by atoms with Crippen molar-refractivity contribution in [3.05, 3.63) is 0 Å². The SMILES string of the molecule is CC(=O)O[C@@H]1[C@@H](OC(C)=O)[C@](O)(Br)OC[C@H]1OC(C)=O. The Labute approximate surface area is 123 Å². The fourth-order valence-corrected chi connectivity index (χ4v) is 2.22. The molecule has 0 spiro atoms. The van der Waals surface area contributed by atoms with E-state index in [9.17, 15) is 19.5 Å². The third-order valence-electron chi connectivity index (χ3n) is 2.38. The second-order valence-electron chi connectivity index (χ2n) is 4.17. The number of aliphatic hydroxyl groups is 1. The van der Waals surface area contributed by atoms with Crippen molar-refractivity contribution in [3.8, 4) is 0 Å². The van der Waals surface area contributed by atoms with Gasteiger partial charge in [0.1, 0.15) is 0 Å². The summed E-state index contributed by atoms with van der Waals surface area (Å²) in [7, 11) is 0. The molecule has 1 fully saturated rings. The van der Waals surface area contributed by atoms with Gasteiger partial charge in [-0.25, -0.2) is 0 Å². The van der Waals surface area contributed by atoms with Crippen molar-refractivity contribution in [2.24, 2.45) is 0 Å². The molecule has 1 rings (SSSR count). The summed E-state index contributed by atoms with van der Waals surface area (Å²) >= 11 is 2.84. The molecule has 20 heavy (non-hydrogen) atoms. The van der Waals surface area contributed by atoms with Gasteiger partial charge >= 0.3 is 17.9 Å². The zero-order valence-corrected chi connectivity index (χ0v) is 12.7. The van der Waals surface area contributed by atoms with E-state index >= 15 is 0 Å². The van der Waals surface area contributed by atoms with Crippen molar-refractivity contribution < 1.29 is 38.4 Å². The summed E-state index contributed by atoms with van der Waals surface area (Å²) in [4.78, 5) is 33.3. The molecular formula is C11H15BrO8. The van der Waals surface area contributed by atoms with Gasteiger partial charge in [0.25, 0.3) is 4.70 Å². The molecule has 0 aromatic carbocycles. The standard InChI is InChI=1S/C11H15BrO8/c1-5(13)18-8-4-17-11(12,16)10(20-7(3)15)9(8)19-6(2)14/h8-10,16H,4H2,1-3H3/t8-,9+,10-,11-/m1/s1. The van der Waals surface area contributed by atoms with Crippen molar-refractivity contribution in [2.75, 3.05) is 6.61 Å². The highest BCUT2D eigenvalue weighted by Gasteiger charge is 2.54. The number of hydrogen-bond donors (Lipinski definition) is 1. The van der Waals surface area contributed by atoms with E-state index in [1.165, 1.54) is 6.92 Å². The van der Waals surface area contributed by atoms with E-state index in [1.807, 2.05) is 0 Å². The highest BCUT2D eigenvalue weighted by molar-refractivity contribution is 9.10. The first kappa shape index (κ1) is 16.9. The highest BCUT2D eigenvalue weighted by atomic mass is 79.9. The van der Waals surface area contributed by atoms with Crippen LogP contribution in [0.25, 0.3) is 0 Å². The largest absolute Gasteiger partial charge is 0.456 e. The Morgan fingerprint density at radius 1 is 1.10 bits per heavy atom. The monoisotopic (exact) mass is 354 g/mol. The van der Waals surface area contributed by atoms with E-state index in [0.29, 0.717) is 0 Å². The first-order chi connectivity index (χ1) is 9.13. The second kappa shape index (κ2) is 6.51. The van der Waals surface area contributed by atoms with Crippen LogP contribution in [0, 0.1) is 0 Å². The zero-order valence-electron chi connectivity index (χ0n) is 11.1. The lowest BCUT2D eigenvalue weighted by atomic mass is 10.0. The molecule has 9 heteroatoms. The fraction of sp³-hybridized carbons (Fsp3) is 0.727. The normalized spacial score (nSPS) is 33.1. The molecule has 4 atom stereocenters. The predicted molar refractivity (Wildman–Crippen MR) is 66.5 cm³/mol. The number of alkyl halides is 1. The maximum Gasteiger partial charge on any atom is 0.303 e. The summed E-state index contributed by atoms with van der Waals surface area (Å²) in [5.74, 6) is -2.04. The summed E-state index contributed by atoms with van der Waals surface area (Å²) in [5.41, 5.74) is 0. The van der Waals surface area contributed by atoms with Crippen molar-refractivity contribution in [1.82, 2.24) is 0 Å². The molecule has 0 aromatic heterocycles. The first-order valence-corrected chi connectivity index (χ1v) is 6.49. The average molecular weight is 355 g/mol. The Balaban J connectivity index is 3.02. The Hall–Kier alpha value is -1.19. The Morgan fingerprint density at radius 3 is 2.05 bits per heavy atom. The molecular weight excluding hydrogens is 340 g/mol. The molecule has 0 bridgehead atoms. The third kappa shape index (κ3) is 4.43. The summed E-state index contributed by atoms with van der Waals surface area (Å²) in [5, 5.41) is 10.0. The van der Waals surface area contributed by atoms with Crippen molar-refractivity contribution in [2.45, 2.75) is 43.8 Å². The topological polar surface area (TPSA) is 108 Å². The Bertz CT molecular complexity index is 407. The molecule has 1 N–H and O–H groups in total. The van der Waals surface area contributed by atoms with Gasteiger partial charge in [-0.3, -0.25) is 14.4 Å². The molecule has 0 saturated carbocycles. The van der Waals surface area contributed by atoms with E-state index in [2.05, 4.69) is 15.9 Å². The smallest absolute Gasteiger partial charge is 0.303 e. The second-order valence-corrected chi connectivity index (χ2v) is 5.31. The molecule has 0 aromatic rings. The molecule has 8 nitrogen and oxygen atoms in total. The van der Waals surface area contributed by atoms with Crippen LogP contribution in [-0.2, 0) is 33.3 Å². The number of rotatable bonds is 3. The lowest BCUT2D eigenvalue weighted by Crippen LogP contribution is -2.61. The number of carbonyl (C=O) groups excluding carboxylic acids is 3. The Kier molecular flexibility index (Phi) is 5.49.